The van der Waals surface area contributed by atoms with Crippen molar-refractivity contribution >= 4 is 11.5 Å². The first kappa shape index (κ1) is 16.3. The van der Waals surface area contributed by atoms with Crippen molar-refractivity contribution in [2.75, 3.05) is 18.5 Å². The van der Waals surface area contributed by atoms with Crippen molar-refractivity contribution in [3.05, 3.63) is 53.6 Å². The van der Waals surface area contributed by atoms with E-state index in [1.165, 1.54) is 12.5 Å². The number of ether oxygens (including phenoxy) is 2. The Morgan fingerprint density at radius 2 is 2.07 bits per heavy atom. The largest absolute Gasteiger partial charge is 0.493 e. The molecule has 0 aliphatic carbocycles. The topological polar surface area (TPSA) is 86.7 Å². The molecule has 2 aliphatic heterocycles. The van der Waals surface area contributed by atoms with Gasteiger partial charge < -0.3 is 19.2 Å². The van der Waals surface area contributed by atoms with Crippen LogP contribution in [0.2, 0.25) is 0 Å². The molecule has 4 aromatic rings. The van der Waals surface area contributed by atoms with E-state index in [9.17, 15) is 4.39 Å². The maximum Gasteiger partial charge on any atom is 0.181 e. The van der Waals surface area contributed by atoms with E-state index < -0.39 is 0 Å². The third-order valence-electron chi connectivity index (χ3n) is 5.51. The predicted molar refractivity (Wildman–Crippen MR) is 101 cm³/mol. The molecule has 1 unspecified atom stereocenters. The standard InChI is InChI=1S/C20H16FN5O3/c1-10-18(29-9-23-10)12-4-16-20(26-8-24-25-19(12)26)22-5-13-14(21)2-3-15-17(13)11(6-27-15)7-28-16/h2-4,8-9,11,22H,5-7H2,1H3. The van der Waals surface area contributed by atoms with Gasteiger partial charge in [0.2, 0.25) is 0 Å². The van der Waals surface area contributed by atoms with Crippen molar-refractivity contribution in [2.45, 2.75) is 19.4 Å². The molecule has 0 spiro atoms. The van der Waals surface area contributed by atoms with E-state index in [0.717, 1.165) is 22.6 Å². The molecule has 9 heteroatoms. The maximum atomic E-state index is 14.6. The molecule has 2 aliphatic rings. The smallest absolute Gasteiger partial charge is 0.181 e. The van der Waals surface area contributed by atoms with Crippen molar-refractivity contribution in [1.29, 1.82) is 0 Å². The Kier molecular flexibility index (Phi) is 3.35. The first-order valence-corrected chi connectivity index (χ1v) is 9.28. The number of nitrogens with one attached hydrogen (secondary N) is 1. The normalized spacial score (nSPS) is 17.4. The summed E-state index contributed by atoms with van der Waals surface area (Å²) in [5.74, 6) is 2.28. The van der Waals surface area contributed by atoms with Gasteiger partial charge in [-0.25, -0.2) is 9.37 Å². The summed E-state index contributed by atoms with van der Waals surface area (Å²) in [5, 5.41) is 11.6. The molecule has 146 valence electrons. The lowest BCUT2D eigenvalue weighted by molar-refractivity contribution is 0.249. The summed E-state index contributed by atoms with van der Waals surface area (Å²) in [5.41, 5.74) is 3.54. The number of hydrogen-bond acceptors (Lipinski definition) is 7. The predicted octanol–water partition coefficient (Wildman–Crippen LogP) is 3.31. The fraction of sp³-hybridized carbons (Fsp3) is 0.250. The van der Waals surface area contributed by atoms with Gasteiger partial charge in [-0.2, -0.15) is 0 Å². The summed E-state index contributed by atoms with van der Waals surface area (Å²) < 4.78 is 33.9. The molecule has 29 heavy (non-hydrogen) atoms. The number of anilines is 1. The number of aromatic nitrogens is 4. The molecule has 1 aromatic carbocycles. The van der Waals surface area contributed by atoms with Crippen LogP contribution in [-0.4, -0.2) is 32.8 Å². The molecule has 8 nitrogen and oxygen atoms in total. The van der Waals surface area contributed by atoms with Crippen LogP contribution in [0.25, 0.3) is 17.0 Å². The van der Waals surface area contributed by atoms with Crippen LogP contribution < -0.4 is 14.8 Å². The van der Waals surface area contributed by atoms with Gasteiger partial charge in [-0.05, 0) is 25.1 Å². The quantitative estimate of drug-likeness (QED) is 0.531. The fourth-order valence-electron chi connectivity index (χ4n) is 4.11. The van der Waals surface area contributed by atoms with Crippen LogP contribution in [0.5, 0.6) is 11.5 Å². The van der Waals surface area contributed by atoms with Gasteiger partial charge in [0.05, 0.1) is 30.4 Å². The Balaban J connectivity index is 1.54. The van der Waals surface area contributed by atoms with Crippen LogP contribution in [0.15, 0.2) is 35.3 Å². The molecule has 1 atom stereocenters. The molecule has 3 aromatic heterocycles. The maximum absolute atomic E-state index is 14.6. The van der Waals surface area contributed by atoms with E-state index in [4.69, 9.17) is 13.9 Å². The molecular formula is C20H16FN5O3. The van der Waals surface area contributed by atoms with E-state index in [1.54, 1.807) is 16.8 Å². The third-order valence-corrected chi connectivity index (χ3v) is 5.51. The number of halogens is 1. The highest BCUT2D eigenvalue weighted by Gasteiger charge is 2.32. The molecule has 6 rings (SSSR count). The van der Waals surface area contributed by atoms with Crippen molar-refractivity contribution in [1.82, 2.24) is 19.6 Å². The molecule has 0 bridgehead atoms. The van der Waals surface area contributed by atoms with Gasteiger partial charge in [0.1, 0.15) is 17.9 Å². The van der Waals surface area contributed by atoms with E-state index in [2.05, 4.69) is 20.5 Å². The number of aryl methyl sites for hydroxylation is 1. The van der Waals surface area contributed by atoms with Crippen LogP contribution in [0.1, 0.15) is 22.7 Å². The van der Waals surface area contributed by atoms with E-state index in [1.807, 2.05) is 13.0 Å². The average molecular weight is 393 g/mol. The second-order valence-electron chi connectivity index (χ2n) is 7.17. The summed E-state index contributed by atoms with van der Waals surface area (Å²) >= 11 is 0. The van der Waals surface area contributed by atoms with Gasteiger partial charge >= 0.3 is 0 Å². The van der Waals surface area contributed by atoms with Crippen LogP contribution in [-0.2, 0) is 6.54 Å². The lowest BCUT2D eigenvalue weighted by Gasteiger charge is -2.16. The Bertz CT molecular complexity index is 1260. The van der Waals surface area contributed by atoms with Crippen LogP contribution in [0.3, 0.4) is 0 Å². The molecule has 0 fully saturated rings. The zero-order valence-corrected chi connectivity index (χ0v) is 15.5. The molecule has 0 radical (unpaired) electrons. The van der Waals surface area contributed by atoms with E-state index >= 15 is 0 Å². The van der Waals surface area contributed by atoms with Gasteiger partial charge in [-0.1, -0.05) is 0 Å². The molecule has 1 N–H and O–H groups in total. The van der Waals surface area contributed by atoms with Gasteiger partial charge in [0, 0.05) is 17.7 Å². The highest BCUT2D eigenvalue weighted by Crippen LogP contribution is 2.42. The van der Waals surface area contributed by atoms with Crippen molar-refractivity contribution < 1.29 is 18.3 Å². The molecule has 0 saturated heterocycles. The zero-order chi connectivity index (χ0) is 19.5. The molecule has 0 saturated carbocycles. The number of hydrogen-bond donors (Lipinski definition) is 1. The number of benzene rings is 1. The Morgan fingerprint density at radius 1 is 1.21 bits per heavy atom. The van der Waals surface area contributed by atoms with E-state index in [0.29, 0.717) is 48.3 Å². The van der Waals surface area contributed by atoms with Crippen LogP contribution in [0.4, 0.5) is 10.2 Å². The fourth-order valence-corrected chi connectivity index (χ4v) is 4.11. The summed E-state index contributed by atoms with van der Waals surface area (Å²) in [7, 11) is 0. The average Bonchev–Trinajstić information content (AvgIpc) is 3.45. The Hall–Kier alpha value is -3.62. The molecule has 5 heterocycles. The zero-order valence-electron chi connectivity index (χ0n) is 15.5. The lowest BCUT2D eigenvalue weighted by Crippen LogP contribution is -2.13. The SMILES string of the molecule is Cc1ncoc1-c1cc2c(n3cnnc13)NCc1c(F)ccc3c1C(CO3)CO2. The molecule has 0 amide bonds. The number of fused-ring (bicyclic) bond motifs is 3. The number of pyridine rings is 1. The molecular weight excluding hydrogens is 377 g/mol. The highest BCUT2D eigenvalue weighted by molar-refractivity contribution is 5.80. The monoisotopic (exact) mass is 393 g/mol. The lowest BCUT2D eigenvalue weighted by atomic mass is 9.96. The number of nitrogens with zero attached hydrogens (tertiary/aromatic N) is 4. The summed E-state index contributed by atoms with van der Waals surface area (Å²) in [6.45, 7) is 2.98. The van der Waals surface area contributed by atoms with Gasteiger partial charge in [0.15, 0.2) is 29.4 Å². The van der Waals surface area contributed by atoms with Gasteiger partial charge in [-0.15, -0.1) is 10.2 Å². The number of rotatable bonds is 1. The second kappa shape index (κ2) is 5.94. The van der Waals surface area contributed by atoms with Gasteiger partial charge in [-0.3, -0.25) is 4.40 Å². The van der Waals surface area contributed by atoms with Gasteiger partial charge in [0.25, 0.3) is 0 Å². The van der Waals surface area contributed by atoms with Crippen LogP contribution >= 0.6 is 0 Å². The summed E-state index contributed by atoms with van der Waals surface area (Å²) in [6, 6.07) is 4.99. The van der Waals surface area contributed by atoms with Crippen molar-refractivity contribution in [2.24, 2.45) is 0 Å². The Morgan fingerprint density at radius 3 is 2.90 bits per heavy atom. The highest BCUT2D eigenvalue weighted by atomic mass is 19.1. The Labute approximate surface area is 164 Å². The minimum Gasteiger partial charge on any atom is -0.493 e. The van der Waals surface area contributed by atoms with Crippen molar-refractivity contribution in [3.8, 4) is 22.8 Å². The van der Waals surface area contributed by atoms with Crippen molar-refractivity contribution in [3.63, 3.8) is 0 Å². The first-order chi connectivity index (χ1) is 14.2. The third kappa shape index (κ3) is 2.33. The van der Waals surface area contributed by atoms with E-state index in [-0.39, 0.29) is 11.7 Å². The minimum absolute atomic E-state index is 0.0458. The second-order valence-corrected chi connectivity index (χ2v) is 7.17. The number of oxazole rings is 1. The first-order valence-electron chi connectivity index (χ1n) is 9.28. The summed E-state index contributed by atoms with van der Waals surface area (Å²) in [6.07, 6.45) is 2.99. The van der Waals surface area contributed by atoms with Crippen LogP contribution in [0, 0.1) is 12.7 Å². The summed E-state index contributed by atoms with van der Waals surface area (Å²) in [4.78, 5) is 4.18. The minimum atomic E-state index is -0.260.